The fourth-order valence-corrected chi connectivity index (χ4v) is 13.4. The van der Waals surface area contributed by atoms with Crippen LogP contribution in [-0.2, 0) is 49.5 Å². The summed E-state index contributed by atoms with van der Waals surface area (Å²) in [5.41, 5.74) is 12.1. The number of amidine groups is 1. The van der Waals surface area contributed by atoms with Crippen LogP contribution in [0.15, 0.2) is 53.7 Å². The monoisotopic (exact) mass is 981 g/mol. The van der Waals surface area contributed by atoms with Crippen LogP contribution in [0.25, 0.3) is 28.0 Å². The van der Waals surface area contributed by atoms with Crippen LogP contribution in [0.1, 0.15) is 139 Å². The van der Waals surface area contributed by atoms with Crippen LogP contribution >= 0.6 is 0 Å². The molecule has 7 aliphatic rings. The zero-order chi connectivity index (χ0) is 50.6. The molecule has 4 N–H and O–H groups in total. The van der Waals surface area contributed by atoms with Gasteiger partial charge in [-0.2, -0.15) is 0 Å². The van der Waals surface area contributed by atoms with Crippen molar-refractivity contribution in [3.05, 3.63) is 82.3 Å². The highest BCUT2D eigenvalue weighted by atomic mass is 16.5. The Morgan fingerprint density at radius 3 is 2.01 bits per heavy atom. The van der Waals surface area contributed by atoms with E-state index in [9.17, 15) is 24.0 Å². The summed E-state index contributed by atoms with van der Waals surface area (Å²) in [6.07, 6.45) is 20.9. The van der Waals surface area contributed by atoms with E-state index in [1.54, 1.807) is 0 Å². The fraction of sp³-hybridized carbons (Fsp3) is 0.561. The summed E-state index contributed by atoms with van der Waals surface area (Å²) in [6, 6.07) is 7.47. The lowest BCUT2D eigenvalue weighted by atomic mass is 9.76. The maximum Gasteiger partial charge on any atom is 0.407 e. The number of likely N-dealkylation sites (tertiary alicyclic amines) is 2. The number of allylic oxidation sites excluding steroid dienone is 2. The minimum absolute atomic E-state index is 0.0880. The number of nitrogens with zero attached hydrogens (tertiary/aromatic N) is 4. The molecule has 4 aliphatic carbocycles. The average Bonchev–Trinajstić information content (AvgIpc) is 4.23. The van der Waals surface area contributed by atoms with E-state index in [0.717, 1.165) is 80.4 Å². The van der Waals surface area contributed by atoms with Crippen molar-refractivity contribution in [3.63, 3.8) is 0 Å². The van der Waals surface area contributed by atoms with Crippen molar-refractivity contribution < 1.29 is 33.4 Å². The first-order valence-electron chi connectivity index (χ1n) is 26.6. The van der Waals surface area contributed by atoms with Crippen LogP contribution < -0.4 is 16.0 Å². The first kappa shape index (κ1) is 49.3. The number of carbonyl (C=O) groups is 5. The molecule has 2 aromatic carbocycles. The van der Waals surface area contributed by atoms with Gasteiger partial charge in [0.25, 0.3) is 0 Å². The van der Waals surface area contributed by atoms with Gasteiger partial charge in [0.2, 0.25) is 17.7 Å². The van der Waals surface area contributed by atoms with Gasteiger partial charge in [-0.15, -0.1) is 0 Å². The molecule has 0 bridgehead atoms. The number of nitrogens with one attached hydrogen (secondary N) is 4. The lowest BCUT2D eigenvalue weighted by Crippen LogP contribution is -2.54. The van der Waals surface area contributed by atoms with Crippen LogP contribution in [-0.4, -0.2) is 106 Å². The molecule has 1 saturated carbocycles. The Hall–Kier alpha value is -6.25. The number of imidazole rings is 1. The second-order valence-corrected chi connectivity index (χ2v) is 22.5. The normalized spacial score (nSPS) is 24.7. The Morgan fingerprint density at radius 1 is 0.764 bits per heavy atom. The zero-order valence-electron chi connectivity index (χ0n) is 43.1. The summed E-state index contributed by atoms with van der Waals surface area (Å²) in [7, 11) is 2.60. The second-order valence-electron chi connectivity index (χ2n) is 22.5. The third-order valence-corrected chi connectivity index (χ3v) is 17.2. The molecule has 3 unspecified atom stereocenters. The van der Waals surface area contributed by atoms with Gasteiger partial charge in [0.1, 0.15) is 23.7 Å². The number of carbonyl (C=O) groups excluding carboxylic acids is 5. The van der Waals surface area contributed by atoms with Gasteiger partial charge in [-0.3, -0.25) is 19.4 Å². The van der Waals surface area contributed by atoms with E-state index < -0.39 is 35.7 Å². The van der Waals surface area contributed by atoms with Crippen LogP contribution in [0.3, 0.4) is 0 Å². The third-order valence-electron chi connectivity index (χ3n) is 17.2. The highest BCUT2D eigenvalue weighted by Crippen LogP contribution is 2.54. The van der Waals surface area contributed by atoms with E-state index >= 15 is 0 Å². The van der Waals surface area contributed by atoms with E-state index in [4.69, 9.17) is 19.5 Å². The number of H-pyrrole nitrogens is 1. The van der Waals surface area contributed by atoms with Crippen molar-refractivity contribution >= 4 is 41.3 Å². The number of hydrogen-bond donors (Lipinski definition) is 4. The number of methoxy groups -OCH3 is 2. The molecule has 6 atom stereocenters. The van der Waals surface area contributed by atoms with E-state index in [0.29, 0.717) is 25.3 Å². The molecule has 5 amide bonds. The summed E-state index contributed by atoms with van der Waals surface area (Å²) in [5, 5.41) is 8.63. The van der Waals surface area contributed by atoms with Gasteiger partial charge in [-0.05, 0) is 139 Å². The van der Waals surface area contributed by atoms with Crippen molar-refractivity contribution in [2.24, 2.45) is 28.2 Å². The predicted octanol–water partition coefficient (Wildman–Crippen LogP) is 8.55. The number of amides is 5. The molecule has 3 aromatic rings. The number of benzene rings is 2. The first-order valence-corrected chi connectivity index (χ1v) is 26.6. The summed E-state index contributed by atoms with van der Waals surface area (Å²) in [5.74, 6) is 0.267. The molecular weight excluding hydrogens is 909 g/mol. The number of aromatic nitrogens is 2. The topological polar surface area (TPSA) is 187 Å². The fourth-order valence-electron chi connectivity index (χ4n) is 13.4. The lowest BCUT2D eigenvalue weighted by Gasteiger charge is -2.38. The summed E-state index contributed by atoms with van der Waals surface area (Å²) >= 11 is 0. The van der Waals surface area contributed by atoms with Gasteiger partial charge in [0.05, 0.1) is 43.6 Å². The molecule has 4 heterocycles. The second kappa shape index (κ2) is 19.6. The number of fused-ring (bicyclic) bond motifs is 3. The van der Waals surface area contributed by atoms with Crippen molar-refractivity contribution in [1.82, 2.24) is 35.7 Å². The van der Waals surface area contributed by atoms with E-state index in [-0.39, 0.29) is 47.1 Å². The molecule has 15 nitrogen and oxygen atoms in total. The third kappa shape index (κ3) is 9.03. The van der Waals surface area contributed by atoms with Gasteiger partial charge in [0, 0.05) is 31.1 Å². The first-order chi connectivity index (χ1) is 34.6. The maximum absolute atomic E-state index is 14.2. The average molecular weight is 981 g/mol. The van der Waals surface area contributed by atoms with Crippen LogP contribution in [0, 0.1) is 23.2 Å². The number of aliphatic imine (C=N–C) groups is 1. The molecule has 10 rings (SSSR count). The quantitative estimate of drug-likeness (QED) is 0.139. The lowest BCUT2D eigenvalue weighted by molar-refractivity contribution is -0.136. The van der Waals surface area contributed by atoms with Gasteiger partial charge in [-0.25, -0.2) is 14.6 Å². The molecule has 72 heavy (non-hydrogen) atoms. The molecule has 1 spiro atoms. The summed E-state index contributed by atoms with van der Waals surface area (Å²) in [6.45, 7) is 10.9. The summed E-state index contributed by atoms with van der Waals surface area (Å²) < 4.78 is 9.66. The Morgan fingerprint density at radius 2 is 1.35 bits per heavy atom. The summed E-state index contributed by atoms with van der Waals surface area (Å²) in [4.78, 5) is 83.7. The van der Waals surface area contributed by atoms with Crippen LogP contribution in [0.5, 0.6) is 0 Å². The highest BCUT2D eigenvalue weighted by molar-refractivity contribution is 6.05. The van der Waals surface area contributed by atoms with Crippen molar-refractivity contribution in [2.45, 2.75) is 154 Å². The standard InChI is InChI=1S/C57H72N8O7/c1-32(2)48(61-54(69)71-6)52(67)64-25-11-13-35(64)28-47-60-51(66)44-27-34(21-24-56(44,5)63-47)36-17-18-40(43-30-57(29-42(36)43)22-8-9-23-57)39-19-20-41(38-15-10-14-37(38)39)45-31-58-50(59-45)46-16-12-26-65(46)53(68)49(33(3)4)62-55(70)72-7/h17-21,24,27,31-33,35,44,46,48-49H,8-16,22-23,25-26,28-30H2,1-7H3,(H,58,59)(H,61,69)(H,62,70)(H,60,63,66)/t35?,44?,46-,48-,49-,56?/m0/s1. The highest BCUT2D eigenvalue weighted by Gasteiger charge is 2.46. The van der Waals surface area contributed by atoms with Crippen LogP contribution in [0.2, 0.25) is 0 Å². The number of hydrogen-bond acceptors (Lipinski definition) is 9. The largest absolute Gasteiger partial charge is 0.453 e. The van der Waals surface area contributed by atoms with Crippen molar-refractivity contribution in [2.75, 3.05) is 27.3 Å². The van der Waals surface area contributed by atoms with Gasteiger partial charge < -0.3 is 40.2 Å². The van der Waals surface area contributed by atoms with Crippen LogP contribution in [0.4, 0.5) is 9.59 Å². The van der Waals surface area contributed by atoms with Gasteiger partial charge in [-0.1, -0.05) is 83.0 Å². The van der Waals surface area contributed by atoms with E-state index in [2.05, 4.69) is 63.4 Å². The molecule has 0 radical (unpaired) electrons. The Bertz CT molecular complexity index is 2760. The van der Waals surface area contributed by atoms with Crippen molar-refractivity contribution in [1.29, 1.82) is 0 Å². The van der Waals surface area contributed by atoms with Gasteiger partial charge >= 0.3 is 12.2 Å². The molecule has 3 aliphatic heterocycles. The molecule has 382 valence electrons. The Labute approximate surface area is 423 Å². The molecule has 2 saturated heterocycles. The molecule has 1 aromatic heterocycles. The van der Waals surface area contributed by atoms with E-state index in [1.165, 1.54) is 78.8 Å². The minimum atomic E-state index is -0.775. The predicted molar refractivity (Wildman–Crippen MR) is 276 cm³/mol. The number of ether oxygens (including phenoxy) is 2. The van der Waals surface area contributed by atoms with Crippen molar-refractivity contribution in [3.8, 4) is 22.4 Å². The SMILES string of the molecule is COC(=O)N[C@H](C(=O)N1CCCC1CC1=NC2(C)C=CC(c3ccc(-c4ccc(-c5cnc([C@@H]6CCCN6C(=O)[C@@H](NC(=O)OC)C(C)C)[nH]5)c5c4CCC5)c4c3CC3(CCCC3)C4)=CC2C(=O)N1)C(C)C. The Kier molecular flexibility index (Phi) is 13.5. The number of rotatable bonds is 12. The minimum Gasteiger partial charge on any atom is -0.453 e. The smallest absolute Gasteiger partial charge is 0.407 e. The maximum atomic E-state index is 14.2. The van der Waals surface area contributed by atoms with E-state index in [1.807, 2.05) is 50.6 Å². The molecule has 15 heteroatoms. The van der Waals surface area contributed by atoms with Gasteiger partial charge in [0.15, 0.2) is 0 Å². The zero-order valence-corrected chi connectivity index (χ0v) is 43.1. The molecule has 3 fully saturated rings. The number of alkyl carbamates (subject to hydrolysis) is 2. The number of aromatic amines is 1. The Balaban J connectivity index is 0.911. The molecular formula is C57H72N8O7.